The molecule has 174 valence electrons. The van der Waals surface area contributed by atoms with Crippen LogP contribution in [0.25, 0.3) is 34.0 Å². The van der Waals surface area contributed by atoms with Gasteiger partial charge in [-0.2, -0.15) is 0 Å². The summed E-state index contributed by atoms with van der Waals surface area (Å²) >= 11 is 0. The number of anilines is 2. The average Bonchev–Trinajstić information content (AvgIpc) is 2.90. The molecule has 0 amide bonds. The van der Waals surface area contributed by atoms with Crippen LogP contribution in [0, 0.1) is 0 Å². The fraction of sp³-hybridized carbons (Fsp3) is 0.231. The van der Waals surface area contributed by atoms with E-state index in [0.717, 1.165) is 28.2 Å². The third-order valence-corrected chi connectivity index (χ3v) is 5.23. The van der Waals surface area contributed by atoms with Gasteiger partial charge in [0, 0.05) is 55.0 Å². The summed E-state index contributed by atoms with van der Waals surface area (Å²) in [4.78, 5) is 9.21. The Bertz CT molecular complexity index is 1170. The summed E-state index contributed by atoms with van der Waals surface area (Å²) in [7, 11) is 0. The maximum absolute atomic E-state index is 8.99. The van der Waals surface area contributed by atoms with Gasteiger partial charge >= 0.3 is 0 Å². The van der Waals surface area contributed by atoms with Crippen LogP contribution in [0.15, 0.2) is 72.9 Å². The van der Waals surface area contributed by atoms with Crippen LogP contribution in [0.4, 0.5) is 11.4 Å². The van der Waals surface area contributed by atoms with E-state index in [4.69, 9.17) is 15.2 Å². The van der Waals surface area contributed by atoms with Crippen molar-refractivity contribution < 1.29 is 10.2 Å². The first-order chi connectivity index (χ1) is 16.8. The molecule has 0 unspecified atom stereocenters. The van der Waals surface area contributed by atoms with Crippen LogP contribution in [0.1, 0.15) is 12.8 Å². The van der Waals surface area contributed by atoms with Crippen molar-refractivity contribution in [2.24, 2.45) is 0 Å². The molecule has 0 atom stereocenters. The van der Waals surface area contributed by atoms with Gasteiger partial charge in [-0.3, -0.25) is 4.98 Å². The molecule has 0 radical (unpaired) electrons. The number of hydrogen-bond acceptors (Lipinski definition) is 8. The molecule has 8 heteroatoms. The standard InChI is InChI=1S/C26H28N6O2/c33-17-3-15-27-21-10-6-19(7-11-21)24-25(20-8-12-22(13-9-20)28-16-4-18-34)31-32-26(30-24)23-5-1-2-14-29-23/h1-2,5-14,27-28,33-34H,3-4,15-18H2. The molecule has 0 aliphatic rings. The number of aromatic nitrogens is 4. The molecule has 0 saturated carbocycles. The lowest BCUT2D eigenvalue weighted by Gasteiger charge is -2.12. The van der Waals surface area contributed by atoms with Crippen molar-refractivity contribution in [1.29, 1.82) is 0 Å². The quantitative estimate of drug-likeness (QED) is 0.252. The van der Waals surface area contributed by atoms with E-state index in [1.807, 2.05) is 66.7 Å². The van der Waals surface area contributed by atoms with E-state index >= 15 is 0 Å². The Morgan fingerprint density at radius 1 is 0.647 bits per heavy atom. The summed E-state index contributed by atoms with van der Waals surface area (Å²) in [5.74, 6) is 0.465. The molecule has 0 aliphatic carbocycles. The summed E-state index contributed by atoms with van der Waals surface area (Å²) in [6, 6.07) is 21.5. The van der Waals surface area contributed by atoms with E-state index in [1.165, 1.54) is 0 Å². The van der Waals surface area contributed by atoms with Gasteiger partial charge in [-0.15, -0.1) is 10.2 Å². The number of hydrogen-bond donors (Lipinski definition) is 4. The maximum atomic E-state index is 8.99. The zero-order chi connectivity index (χ0) is 23.6. The highest BCUT2D eigenvalue weighted by Gasteiger charge is 2.15. The lowest BCUT2D eigenvalue weighted by molar-refractivity contribution is 0.292. The molecule has 2 aromatic heterocycles. The molecular weight excluding hydrogens is 428 g/mol. The number of aliphatic hydroxyl groups excluding tert-OH is 2. The summed E-state index contributed by atoms with van der Waals surface area (Å²) in [6.07, 6.45) is 3.10. The fourth-order valence-corrected chi connectivity index (χ4v) is 3.44. The predicted octanol–water partition coefficient (Wildman–Crippen LogP) is 3.86. The molecule has 0 bridgehead atoms. The Morgan fingerprint density at radius 3 is 1.76 bits per heavy atom. The van der Waals surface area contributed by atoms with Crippen molar-refractivity contribution in [3.63, 3.8) is 0 Å². The molecule has 34 heavy (non-hydrogen) atoms. The number of nitrogens with zero attached hydrogens (tertiary/aromatic N) is 4. The van der Waals surface area contributed by atoms with E-state index in [9.17, 15) is 0 Å². The third-order valence-electron chi connectivity index (χ3n) is 5.23. The van der Waals surface area contributed by atoms with Gasteiger partial charge in [0.2, 0.25) is 5.82 Å². The molecule has 4 rings (SSSR count). The molecule has 0 fully saturated rings. The zero-order valence-corrected chi connectivity index (χ0v) is 18.9. The van der Waals surface area contributed by atoms with E-state index < -0.39 is 0 Å². The minimum absolute atomic E-state index is 0.160. The third kappa shape index (κ3) is 5.92. The largest absolute Gasteiger partial charge is 0.396 e. The summed E-state index contributed by atoms with van der Waals surface area (Å²) in [5, 5.41) is 33.4. The van der Waals surface area contributed by atoms with Crippen molar-refractivity contribution in [2.45, 2.75) is 12.8 Å². The zero-order valence-electron chi connectivity index (χ0n) is 18.9. The van der Waals surface area contributed by atoms with Gasteiger partial charge in [-0.1, -0.05) is 30.3 Å². The maximum Gasteiger partial charge on any atom is 0.201 e. The van der Waals surface area contributed by atoms with Gasteiger partial charge in [0.15, 0.2) is 0 Å². The van der Waals surface area contributed by atoms with Gasteiger partial charge in [0.05, 0.1) is 0 Å². The SMILES string of the molecule is OCCCNc1ccc(-c2nnc(-c3ccccn3)nc2-c2ccc(NCCCO)cc2)cc1. The number of aliphatic hydroxyl groups is 2. The second-order valence-electron chi connectivity index (χ2n) is 7.71. The highest BCUT2D eigenvalue weighted by atomic mass is 16.3. The van der Waals surface area contributed by atoms with Gasteiger partial charge in [-0.25, -0.2) is 4.98 Å². The van der Waals surface area contributed by atoms with Crippen LogP contribution < -0.4 is 10.6 Å². The Labute approximate surface area is 198 Å². The molecule has 0 saturated heterocycles. The van der Waals surface area contributed by atoms with E-state index in [0.29, 0.717) is 43.1 Å². The lowest BCUT2D eigenvalue weighted by Crippen LogP contribution is -2.04. The first kappa shape index (κ1) is 23.3. The number of nitrogens with one attached hydrogen (secondary N) is 2. The first-order valence-electron chi connectivity index (χ1n) is 11.3. The number of rotatable bonds is 11. The highest BCUT2D eigenvalue weighted by Crippen LogP contribution is 2.31. The van der Waals surface area contributed by atoms with Gasteiger partial charge < -0.3 is 20.8 Å². The Balaban J connectivity index is 1.67. The molecular formula is C26H28N6O2. The molecule has 0 spiro atoms. The summed E-state index contributed by atoms with van der Waals surface area (Å²) in [6.45, 7) is 1.74. The topological polar surface area (TPSA) is 116 Å². The number of benzene rings is 2. The molecule has 4 N–H and O–H groups in total. The van der Waals surface area contributed by atoms with E-state index in [2.05, 4.69) is 25.8 Å². The average molecular weight is 457 g/mol. The Kier molecular flexibility index (Phi) is 8.10. The van der Waals surface area contributed by atoms with Gasteiger partial charge in [0.1, 0.15) is 17.1 Å². The minimum Gasteiger partial charge on any atom is -0.396 e. The Hall–Kier alpha value is -3.88. The van der Waals surface area contributed by atoms with Crippen LogP contribution in [0.2, 0.25) is 0 Å². The Morgan fingerprint density at radius 2 is 1.24 bits per heavy atom. The predicted molar refractivity (Wildman–Crippen MR) is 134 cm³/mol. The lowest BCUT2D eigenvalue weighted by atomic mass is 10.0. The number of pyridine rings is 1. The molecule has 2 aromatic carbocycles. The smallest absolute Gasteiger partial charge is 0.201 e. The fourth-order valence-electron chi connectivity index (χ4n) is 3.44. The monoisotopic (exact) mass is 456 g/mol. The summed E-state index contributed by atoms with van der Waals surface area (Å²) in [5.41, 5.74) is 5.84. The van der Waals surface area contributed by atoms with Gasteiger partial charge in [-0.05, 0) is 49.2 Å². The normalized spacial score (nSPS) is 10.8. The van der Waals surface area contributed by atoms with Crippen molar-refractivity contribution >= 4 is 11.4 Å². The van der Waals surface area contributed by atoms with Crippen LogP contribution in [0.3, 0.4) is 0 Å². The second kappa shape index (κ2) is 11.8. The van der Waals surface area contributed by atoms with Crippen molar-refractivity contribution in [2.75, 3.05) is 36.9 Å². The van der Waals surface area contributed by atoms with Crippen molar-refractivity contribution in [3.8, 4) is 34.0 Å². The van der Waals surface area contributed by atoms with E-state index in [1.54, 1.807) is 6.20 Å². The molecule has 4 aromatic rings. The minimum atomic E-state index is 0.160. The van der Waals surface area contributed by atoms with Crippen LogP contribution >= 0.6 is 0 Å². The second-order valence-corrected chi connectivity index (χ2v) is 7.71. The first-order valence-corrected chi connectivity index (χ1v) is 11.3. The molecule has 2 heterocycles. The molecule has 8 nitrogen and oxygen atoms in total. The van der Waals surface area contributed by atoms with E-state index in [-0.39, 0.29) is 13.2 Å². The van der Waals surface area contributed by atoms with Crippen LogP contribution in [0.5, 0.6) is 0 Å². The highest BCUT2D eigenvalue weighted by molar-refractivity contribution is 5.79. The van der Waals surface area contributed by atoms with Crippen molar-refractivity contribution in [1.82, 2.24) is 20.2 Å². The molecule has 0 aliphatic heterocycles. The summed E-state index contributed by atoms with van der Waals surface area (Å²) < 4.78 is 0. The van der Waals surface area contributed by atoms with Crippen LogP contribution in [-0.4, -0.2) is 56.7 Å². The van der Waals surface area contributed by atoms with Crippen molar-refractivity contribution in [3.05, 3.63) is 72.9 Å². The van der Waals surface area contributed by atoms with Crippen LogP contribution in [-0.2, 0) is 0 Å². The van der Waals surface area contributed by atoms with Gasteiger partial charge in [0.25, 0.3) is 0 Å².